The van der Waals surface area contributed by atoms with E-state index in [1.807, 2.05) is 23.9 Å². The van der Waals surface area contributed by atoms with Gasteiger partial charge in [-0.3, -0.25) is 4.79 Å². The van der Waals surface area contributed by atoms with Gasteiger partial charge in [0.25, 0.3) is 0 Å². The lowest BCUT2D eigenvalue weighted by atomic mass is 10.2. The van der Waals surface area contributed by atoms with Crippen molar-refractivity contribution in [2.75, 3.05) is 18.1 Å². The molecule has 24 heavy (non-hydrogen) atoms. The molecule has 0 unspecified atom stereocenters. The normalized spacial score (nSPS) is 10.6. The molecule has 0 spiro atoms. The van der Waals surface area contributed by atoms with E-state index in [1.54, 1.807) is 11.8 Å². The molecule has 2 aromatic rings. The molecule has 2 rings (SSSR count). The maximum absolute atomic E-state index is 11.8. The summed E-state index contributed by atoms with van der Waals surface area (Å²) in [7, 11) is 0. The van der Waals surface area contributed by atoms with Crippen LogP contribution >= 0.6 is 39.5 Å². The number of hydrogen-bond donors (Lipinski definition) is 1. The van der Waals surface area contributed by atoms with Crippen LogP contribution in [0.15, 0.2) is 53.0 Å². The minimum atomic E-state index is 0.119. The summed E-state index contributed by atoms with van der Waals surface area (Å²) in [4.78, 5) is 11.8. The number of rotatable bonds is 9. The SMILES string of the molecule is Cc1cccc(CSCCNC(=O)CSCc2ccc(Br)cc2)c1. The summed E-state index contributed by atoms with van der Waals surface area (Å²) < 4.78 is 1.08. The van der Waals surface area contributed by atoms with Gasteiger partial charge in [0, 0.05) is 28.3 Å². The van der Waals surface area contributed by atoms with E-state index in [9.17, 15) is 4.79 Å². The third-order valence-corrected chi connectivity index (χ3v) is 5.90. The van der Waals surface area contributed by atoms with Crippen LogP contribution in [-0.2, 0) is 16.3 Å². The number of thioether (sulfide) groups is 2. The highest BCUT2D eigenvalue weighted by Gasteiger charge is 2.02. The molecule has 0 saturated heterocycles. The fraction of sp³-hybridized carbons (Fsp3) is 0.316. The van der Waals surface area contributed by atoms with Crippen LogP contribution in [0.25, 0.3) is 0 Å². The van der Waals surface area contributed by atoms with Crippen LogP contribution in [0.4, 0.5) is 0 Å². The lowest BCUT2D eigenvalue weighted by Crippen LogP contribution is -2.27. The molecule has 2 aromatic carbocycles. The van der Waals surface area contributed by atoms with Crippen LogP contribution in [0, 0.1) is 6.92 Å². The van der Waals surface area contributed by atoms with E-state index in [4.69, 9.17) is 0 Å². The zero-order valence-corrected chi connectivity index (χ0v) is 17.0. The average Bonchev–Trinajstić information content (AvgIpc) is 2.56. The van der Waals surface area contributed by atoms with Crippen LogP contribution in [0.1, 0.15) is 16.7 Å². The first-order valence-electron chi connectivity index (χ1n) is 7.85. The smallest absolute Gasteiger partial charge is 0.230 e. The summed E-state index contributed by atoms with van der Waals surface area (Å²) in [5.41, 5.74) is 3.88. The van der Waals surface area contributed by atoms with Crippen molar-refractivity contribution >= 4 is 45.4 Å². The van der Waals surface area contributed by atoms with Crippen LogP contribution in [0.3, 0.4) is 0 Å². The van der Waals surface area contributed by atoms with E-state index in [0.29, 0.717) is 5.75 Å². The van der Waals surface area contributed by atoms with Crippen LogP contribution in [0.2, 0.25) is 0 Å². The topological polar surface area (TPSA) is 29.1 Å². The molecule has 0 fully saturated rings. The molecule has 0 aliphatic rings. The Bertz CT molecular complexity index is 646. The Kier molecular flexibility index (Phi) is 8.78. The first-order valence-corrected chi connectivity index (χ1v) is 11.0. The molecule has 0 heterocycles. The van der Waals surface area contributed by atoms with Gasteiger partial charge in [-0.1, -0.05) is 57.9 Å². The third kappa shape index (κ3) is 7.77. The number of halogens is 1. The van der Waals surface area contributed by atoms with Crippen molar-refractivity contribution in [2.45, 2.75) is 18.4 Å². The molecule has 1 amide bonds. The first kappa shape index (κ1) is 19.4. The first-order chi connectivity index (χ1) is 11.6. The Morgan fingerprint density at radius 2 is 1.79 bits per heavy atom. The summed E-state index contributed by atoms with van der Waals surface area (Å²) in [6, 6.07) is 16.8. The average molecular weight is 424 g/mol. The Hall–Kier alpha value is -0.910. The summed E-state index contributed by atoms with van der Waals surface area (Å²) in [6.45, 7) is 2.84. The second kappa shape index (κ2) is 10.9. The van der Waals surface area contributed by atoms with Crippen molar-refractivity contribution in [3.63, 3.8) is 0 Å². The quantitative estimate of drug-likeness (QED) is 0.572. The molecule has 5 heteroatoms. The van der Waals surface area contributed by atoms with Gasteiger partial charge in [0.05, 0.1) is 5.75 Å². The summed E-state index contributed by atoms with van der Waals surface area (Å²) >= 11 is 6.92. The van der Waals surface area contributed by atoms with Gasteiger partial charge in [0.15, 0.2) is 0 Å². The molecule has 1 N–H and O–H groups in total. The summed E-state index contributed by atoms with van der Waals surface area (Å²) in [5.74, 6) is 3.43. The van der Waals surface area contributed by atoms with E-state index in [-0.39, 0.29) is 5.91 Å². The number of nitrogens with one attached hydrogen (secondary N) is 1. The number of aryl methyl sites for hydroxylation is 1. The Morgan fingerprint density at radius 1 is 1.04 bits per heavy atom. The number of amides is 1. The van der Waals surface area contributed by atoms with Crippen molar-refractivity contribution in [1.29, 1.82) is 0 Å². The van der Waals surface area contributed by atoms with Gasteiger partial charge in [-0.05, 0) is 30.2 Å². The van der Waals surface area contributed by atoms with Crippen molar-refractivity contribution < 1.29 is 4.79 Å². The Balaban J connectivity index is 1.52. The molecule has 2 nitrogen and oxygen atoms in total. The standard InChI is InChI=1S/C19H22BrNOS2/c1-15-3-2-4-17(11-15)13-23-10-9-21-19(22)14-24-12-16-5-7-18(20)8-6-16/h2-8,11H,9-10,12-14H2,1H3,(H,21,22). The zero-order chi connectivity index (χ0) is 17.2. The van der Waals surface area contributed by atoms with Gasteiger partial charge in [-0.25, -0.2) is 0 Å². The Morgan fingerprint density at radius 3 is 2.54 bits per heavy atom. The van der Waals surface area contributed by atoms with E-state index >= 15 is 0 Å². The van der Waals surface area contributed by atoms with Crippen LogP contribution in [0.5, 0.6) is 0 Å². The molecule has 0 aliphatic heterocycles. The maximum atomic E-state index is 11.8. The van der Waals surface area contributed by atoms with Crippen LogP contribution in [-0.4, -0.2) is 24.0 Å². The van der Waals surface area contributed by atoms with Crippen molar-refractivity contribution in [2.24, 2.45) is 0 Å². The zero-order valence-electron chi connectivity index (χ0n) is 13.8. The molecule has 0 bridgehead atoms. The van der Waals surface area contributed by atoms with Gasteiger partial charge in [0.2, 0.25) is 5.91 Å². The van der Waals surface area contributed by atoms with Crippen molar-refractivity contribution in [1.82, 2.24) is 5.32 Å². The fourth-order valence-corrected chi connectivity index (χ4v) is 4.04. The highest BCUT2D eigenvalue weighted by Crippen LogP contribution is 2.16. The summed E-state index contributed by atoms with van der Waals surface area (Å²) in [6.07, 6.45) is 0. The third-order valence-electron chi connectivity index (χ3n) is 3.33. The van der Waals surface area contributed by atoms with Gasteiger partial charge < -0.3 is 5.32 Å². The maximum Gasteiger partial charge on any atom is 0.230 e. The number of carbonyl (C=O) groups excluding carboxylic acids is 1. The van der Waals surface area contributed by atoms with Gasteiger partial charge >= 0.3 is 0 Å². The highest BCUT2D eigenvalue weighted by molar-refractivity contribution is 9.10. The minimum Gasteiger partial charge on any atom is -0.355 e. The number of benzene rings is 2. The molecular weight excluding hydrogens is 402 g/mol. The van der Waals surface area contributed by atoms with Gasteiger partial charge in [-0.2, -0.15) is 11.8 Å². The lowest BCUT2D eigenvalue weighted by molar-refractivity contribution is -0.118. The monoisotopic (exact) mass is 423 g/mol. The minimum absolute atomic E-state index is 0.119. The highest BCUT2D eigenvalue weighted by atomic mass is 79.9. The largest absolute Gasteiger partial charge is 0.355 e. The molecule has 0 atom stereocenters. The molecule has 0 aliphatic carbocycles. The van der Waals surface area contributed by atoms with Gasteiger partial charge in [-0.15, -0.1) is 11.8 Å². The van der Waals surface area contributed by atoms with Gasteiger partial charge in [0.1, 0.15) is 0 Å². The van der Waals surface area contributed by atoms with E-state index < -0.39 is 0 Å². The fourth-order valence-electron chi connectivity index (χ4n) is 2.15. The molecule has 0 saturated carbocycles. The van der Waals surface area contributed by atoms with Crippen molar-refractivity contribution in [3.05, 3.63) is 69.7 Å². The van der Waals surface area contributed by atoms with Crippen molar-refractivity contribution in [3.8, 4) is 0 Å². The molecule has 0 radical (unpaired) electrons. The molecule has 128 valence electrons. The van der Waals surface area contributed by atoms with E-state index in [1.165, 1.54) is 16.7 Å². The molecular formula is C19H22BrNOS2. The second-order valence-corrected chi connectivity index (χ2v) is 8.52. The number of hydrogen-bond acceptors (Lipinski definition) is 3. The van der Waals surface area contributed by atoms with E-state index in [2.05, 4.69) is 64.6 Å². The summed E-state index contributed by atoms with van der Waals surface area (Å²) in [5, 5.41) is 2.99. The van der Waals surface area contributed by atoms with Crippen LogP contribution < -0.4 is 5.32 Å². The second-order valence-electron chi connectivity index (χ2n) is 5.51. The predicted octanol–water partition coefficient (Wildman–Crippen LogP) is 5.04. The number of carbonyl (C=O) groups is 1. The van der Waals surface area contributed by atoms with E-state index in [0.717, 1.165) is 28.3 Å². The predicted molar refractivity (Wildman–Crippen MR) is 111 cm³/mol. The lowest BCUT2D eigenvalue weighted by Gasteiger charge is -2.06. The Labute approximate surface area is 161 Å². The molecule has 0 aromatic heterocycles.